The Bertz CT molecular complexity index is 67.1. The Labute approximate surface area is 107 Å². The van der Waals surface area contributed by atoms with Crippen molar-refractivity contribution in [2.45, 2.75) is 12.8 Å². The summed E-state index contributed by atoms with van der Waals surface area (Å²) in [5.74, 6) is -1.02. The fraction of sp³-hybridized carbons (Fsp3) is 0.750. The average Bonchev–Trinajstić information content (AvgIpc) is 1.61. The van der Waals surface area contributed by atoms with Crippen LogP contribution in [0.3, 0.4) is 0 Å². The molecule has 0 aliphatic rings. The Morgan fingerprint density at radius 2 is 2.12 bits per heavy atom. The van der Waals surface area contributed by atoms with Crippen LogP contribution in [0.15, 0.2) is 0 Å². The second-order valence-electron chi connectivity index (χ2n) is 1.26. The summed E-state index contributed by atoms with van der Waals surface area (Å²) in [6.07, 6.45) is 0.596. The van der Waals surface area contributed by atoms with Crippen molar-refractivity contribution in [3.8, 4) is 0 Å². The third-order valence-corrected chi connectivity index (χ3v) is 0.585. The molecule has 42 valence electrons. The number of rotatable bonds is 3. The van der Waals surface area contributed by atoms with Crippen molar-refractivity contribution < 1.29 is 78.8 Å². The molecule has 0 rings (SSSR count). The molecule has 0 heterocycles. The summed E-state index contributed by atoms with van der Waals surface area (Å²) in [5, 5.41) is 9.59. The molecule has 0 aromatic heterocycles. The Kier molecular flexibility index (Phi) is 12.9. The van der Waals surface area contributed by atoms with E-state index >= 15 is 0 Å². The van der Waals surface area contributed by atoms with Crippen LogP contribution in [0, 0.1) is 0 Å². The Hall–Kier alpha value is 1.48. The van der Waals surface area contributed by atoms with E-state index in [-0.39, 0.29) is 75.3 Å². The fourth-order valence-electron chi connectivity index (χ4n) is 0.246. The molecule has 0 spiro atoms. The van der Waals surface area contributed by atoms with Gasteiger partial charge in [-0.15, -0.1) is 0 Å². The molecule has 0 saturated carbocycles. The first-order valence-corrected chi connectivity index (χ1v) is 2.17. The minimum absolute atomic E-state index is 0. The van der Waals surface area contributed by atoms with Crippen molar-refractivity contribution in [1.29, 1.82) is 0 Å². The molecule has 0 saturated heterocycles. The van der Waals surface area contributed by atoms with Crippen molar-refractivity contribution in [3.05, 3.63) is 0 Å². The molecule has 0 unspecified atom stereocenters. The summed E-state index contributed by atoms with van der Waals surface area (Å²) in [4.78, 5) is 9.59. The van der Waals surface area contributed by atoms with Gasteiger partial charge in [0, 0.05) is 5.97 Å². The number of hydrogen-bond acceptors (Lipinski definition) is 3. The summed E-state index contributed by atoms with van der Waals surface area (Å²) in [7, 11) is 0. The molecule has 0 aliphatic heterocycles. The predicted molar refractivity (Wildman–Crippen MR) is 23.3 cm³/mol. The van der Waals surface area contributed by atoms with Gasteiger partial charge < -0.3 is 15.6 Å². The van der Waals surface area contributed by atoms with Gasteiger partial charge in [0.1, 0.15) is 0 Å². The van der Waals surface area contributed by atoms with E-state index in [9.17, 15) is 9.90 Å². The standard InChI is InChI=1S/C4H9NO2.Cs/c5-3-1-2-4(6)7;/h1-3,5H2,(H,6,7);/q;+1/p-1. The topological polar surface area (TPSA) is 66.2 Å². The third-order valence-electron chi connectivity index (χ3n) is 0.585. The van der Waals surface area contributed by atoms with Gasteiger partial charge in [0.25, 0.3) is 0 Å². The zero-order valence-corrected chi connectivity index (χ0v) is 11.3. The van der Waals surface area contributed by atoms with Gasteiger partial charge in [-0.05, 0) is 19.4 Å². The van der Waals surface area contributed by atoms with Crippen LogP contribution in [0.4, 0.5) is 0 Å². The van der Waals surface area contributed by atoms with Crippen molar-refractivity contribution in [2.24, 2.45) is 5.73 Å². The number of carbonyl (C=O) groups excluding carboxylic acids is 1. The van der Waals surface area contributed by atoms with E-state index in [4.69, 9.17) is 5.73 Å². The van der Waals surface area contributed by atoms with Crippen molar-refractivity contribution in [2.75, 3.05) is 6.54 Å². The Morgan fingerprint density at radius 3 is 2.25 bits per heavy atom. The normalized spacial score (nSPS) is 7.62. The maximum atomic E-state index is 9.59. The number of carboxylic acids is 1. The molecule has 2 N–H and O–H groups in total. The van der Waals surface area contributed by atoms with Crippen molar-refractivity contribution in [1.82, 2.24) is 0 Å². The summed E-state index contributed by atoms with van der Waals surface area (Å²) < 4.78 is 0. The number of aliphatic carboxylic acids is 1. The number of carboxylic acid groups (broad SMARTS) is 1. The molecular weight excluding hydrogens is 227 g/mol. The van der Waals surface area contributed by atoms with E-state index in [1.54, 1.807) is 0 Å². The van der Waals surface area contributed by atoms with Crippen LogP contribution >= 0.6 is 0 Å². The van der Waals surface area contributed by atoms with Crippen LogP contribution in [0.5, 0.6) is 0 Å². The molecular formula is C4H8CsNO2. The van der Waals surface area contributed by atoms with Gasteiger partial charge in [0.05, 0.1) is 0 Å². The van der Waals surface area contributed by atoms with E-state index in [0.717, 1.165) is 0 Å². The average molecular weight is 235 g/mol. The minimum Gasteiger partial charge on any atom is -0.550 e. The van der Waals surface area contributed by atoms with E-state index < -0.39 is 5.97 Å². The first kappa shape index (κ1) is 12.2. The third kappa shape index (κ3) is 10.5. The summed E-state index contributed by atoms with van der Waals surface area (Å²) in [6.45, 7) is 0.425. The molecule has 0 radical (unpaired) electrons. The van der Waals surface area contributed by atoms with Crippen LogP contribution in [0.1, 0.15) is 12.8 Å². The molecule has 8 heavy (non-hydrogen) atoms. The molecule has 0 fully saturated rings. The molecule has 0 aliphatic carbocycles. The Morgan fingerprint density at radius 1 is 1.62 bits per heavy atom. The van der Waals surface area contributed by atoms with Crippen molar-refractivity contribution >= 4 is 5.97 Å². The molecule has 0 aromatic carbocycles. The predicted octanol–water partition coefficient (Wildman–Crippen LogP) is -4.52. The van der Waals surface area contributed by atoms with E-state index in [1.807, 2.05) is 0 Å². The largest absolute Gasteiger partial charge is 1.00 e. The molecule has 0 bridgehead atoms. The second-order valence-corrected chi connectivity index (χ2v) is 1.26. The van der Waals surface area contributed by atoms with Crippen LogP contribution in [-0.2, 0) is 4.79 Å². The molecule has 0 amide bonds. The van der Waals surface area contributed by atoms with E-state index in [0.29, 0.717) is 13.0 Å². The zero-order valence-electron chi connectivity index (χ0n) is 5.02. The van der Waals surface area contributed by atoms with Gasteiger partial charge in [-0.1, -0.05) is 0 Å². The van der Waals surface area contributed by atoms with Crippen LogP contribution in [0.25, 0.3) is 0 Å². The first-order valence-electron chi connectivity index (χ1n) is 2.17. The van der Waals surface area contributed by atoms with E-state index in [1.165, 1.54) is 0 Å². The van der Waals surface area contributed by atoms with Crippen LogP contribution in [-0.4, -0.2) is 12.5 Å². The fourth-order valence-corrected chi connectivity index (χ4v) is 0.246. The van der Waals surface area contributed by atoms with Gasteiger partial charge in [-0.25, -0.2) is 0 Å². The van der Waals surface area contributed by atoms with Crippen LogP contribution in [0.2, 0.25) is 0 Å². The Balaban J connectivity index is 0. The minimum atomic E-state index is -1.02. The van der Waals surface area contributed by atoms with Gasteiger partial charge in [-0.3, -0.25) is 0 Å². The number of hydrogen-bond donors (Lipinski definition) is 1. The molecule has 4 heteroatoms. The van der Waals surface area contributed by atoms with E-state index in [2.05, 4.69) is 0 Å². The summed E-state index contributed by atoms with van der Waals surface area (Å²) in [5.41, 5.74) is 4.99. The number of nitrogens with two attached hydrogens (primary N) is 1. The smallest absolute Gasteiger partial charge is 0.550 e. The number of carbonyl (C=O) groups is 1. The summed E-state index contributed by atoms with van der Waals surface area (Å²) in [6, 6.07) is 0. The monoisotopic (exact) mass is 235 g/mol. The van der Waals surface area contributed by atoms with Gasteiger partial charge >= 0.3 is 68.9 Å². The quantitative estimate of drug-likeness (QED) is 0.536. The van der Waals surface area contributed by atoms with Crippen molar-refractivity contribution in [3.63, 3.8) is 0 Å². The zero-order chi connectivity index (χ0) is 5.70. The van der Waals surface area contributed by atoms with Gasteiger partial charge in [0.15, 0.2) is 0 Å². The molecule has 0 atom stereocenters. The van der Waals surface area contributed by atoms with Gasteiger partial charge in [0.2, 0.25) is 0 Å². The SMILES string of the molecule is NCCCC(=O)[O-].[Cs+]. The maximum Gasteiger partial charge on any atom is 1.00 e. The van der Waals surface area contributed by atoms with Crippen LogP contribution < -0.4 is 79.7 Å². The van der Waals surface area contributed by atoms with Gasteiger partial charge in [-0.2, -0.15) is 0 Å². The summed E-state index contributed by atoms with van der Waals surface area (Å²) >= 11 is 0. The molecule has 3 nitrogen and oxygen atoms in total. The first-order chi connectivity index (χ1) is 3.27. The maximum absolute atomic E-state index is 9.59. The molecule has 0 aromatic rings. The second kappa shape index (κ2) is 8.48.